The minimum Gasteiger partial charge on any atom is -0.311 e. The van der Waals surface area contributed by atoms with Crippen molar-refractivity contribution >= 4 is 0 Å². The van der Waals surface area contributed by atoms with Gasteiger partial charge in [0.15, 0.2) is 0 Å². The summed E-state index contributed by atoms with van der Waals surface area (Å²) in [5, 5.41) is 3.91. The Morgan fingerprint density at radius 3 is 2.40 bits per heavy atom. The maximum Gasteiger partial charge on any atom is 0.00813 e. The summed E-state index contributed by atoms with van der Waals surface area (Å²) < 4.78 is 0. The molecule has 2 fully saturated rings. The van der Waals surface area contributed by atoms with E-state index in [0.717, 1.165) is 18.0 Å². The van der Waals surface area contributed by atoms with Gasteiger partial charge in [0.2, 0.25) is 0 Å². The minimum atomic E-state index is 0.585. The third kappa shape index (κ3) is 3.25. The smallest absolute Gasteiger partial charge is 0.00813 e. The van der Waals surface area contributed by atoms with Crippen LogP contribution in [0.3, 0.4) is 0 Å². The SMILES string of the molecule is Cc1cccc(C2CC(NC3CCC(C)(C)CC3)C2)c1. The molecule has 0 atom stereocenters. The Kier molecular flexibility index (Phi) is 3.90. The maximum absolute atomic E-state index is 3.91. The summed E-state index contributed by atoms with van der Waals surface area (Å²) in [7, 11) is 0. The van der Waals surface area contributed by atoms with E-state index in [4.69, 9.17) is 0 Å². The molecule has 1 heteroatoms. The van der Waals surface area contributed by atoms with E-state index in [2.05, 4.69) is 50.4 Å². The second-order valence-corrected chi connectivity index (χ2v) is 7.88. The molecule has 20 heavy (non-hydrogen) atoms. The summed E-state index contributed by atoms with van der Waals surface area (Å²) in [4.78, 5) is 0. The predicted molar refractivity (Wildman–Crippen MR) is 86.1 cm³/mol. The normalized spacial score (nSPS) is 29.9. The van der Waals surface area contributed by atoms with Gasteiger partial charge in [-0.15, -0.1) is 0 Å². The molecule has 0 heterocycles. The van der Waals surface area contributed by atoms with Gasteiger partial charge in [-0.05, 0) is 62.3 Å². The highest BCUT2D eigenvalue weighted by molar-refractivity contribution is 5.27. The number of nitrogens with one attached hydrogen (secondary N) is 1. The summed E-state index contributed by atoms with van der Waals surface area (Å²) in [5.74, 6) is 0.799. The second kappa shape index (κ2) is 5.52. The Morgan fingerprint density at radius 1 is 1.05 bits per heavy atom. The van der Waals surface area contributed by atoms with Gasteiger partial charge in [0, 0.05) is 12.1 Å². The molecule has 1 aromatic rings. The van der Waals surface area contributed by atoms with Crippen LogP contribution in [-0.2, 0) is 0 Å². The molecule has 0 aliphatic heterocycles. The van der Waals surface area contributed by atoms with Crippen LogP contribution in [0.15, 0.2) is 24.3 Å². The predicted octanol–water partition coefficient (Wildman–Crippen LogP) is 4.80. The molecule has 0 bridgehead atoms. The Hall–Kier alpha value is -0.820. The van der Waals surface area contributed by atoms with Gasteiger partial charge in [-0.1, -0.05) is 43.7 Å². The quantitative estimate of drug-likeness (QED) is 0.832. The summed E-state index contributed by atoms with van der Waals surface area (Å²) in [6, 6.07) is 10.6. The van der Waals surface area contributed by atoms with E-state index < -0.39 is 0 Å². The maximum atomic E-state index is 3.91. The van der Waals surface area contributed by atoms with E-state index in [0.29, 0.717) is 5.41 Å². The Bertz CT molecular complexity index is 447. The van der Waals surface area contributed by atoms with Gasteiger partial charge in [-0.3, -0.25) is 0 Å². The first-order valence-corrected chi connectivity index (χ1v) is 8.34. The van der Waals surface area contributed by atoms with Crippen LogP contribution in [0, 0.1) is 12.3 Å². The largest absolute Gasteiger partial charge is 0.311 e. The average molecular weight is 271 g/mol. The van der Waals surface area contributed by atoms with Crippen molar-refractivity contribution in [3.63, 3.8) is 0 Å². The number of benzene rings is 1. The standard InChI is InChI=1S/C19H29N/c1-14-5-4-6-15(11-14)16-12-18(13-16)20-17-7-9-19(2,3)10-8-17/h4-6,11,16-18,20H,7-10,12-13H2,1-3H3. The highest BCUT2D eigenvalue weighted by Gasteiger charge is 2.33. The minimum absolute atomic E-state index is 0.585. The molecule has 0 amide bonds. The molecule has 0 aromatic heterocycles. The summed E-state index contributed by atoms with van der Waals surface area (Å²) in [6.45, 7) is 7.03. The summed E-state index contributed by atoms with van der Waals surface area (Å²) >= 11 is 0. The van der Waals surface area contributed by atoms with Crippen LogP contribution in [0.5, 0.6) is 0 Å². The number of rotatable bonds is 3. The van der Waals surface area contributed by atoms with Crippen LogP contribution in [-0.4, -0.2) is 12.1 Å². The molecule has 2 aliphatic rings. The molecular weight excluding hydrogens is 242 g/mol. The first-order chi connectivity index (χ1) is 9.52. The molecule has 1 N–H and O–H groups in total. The Balaban J connectivity index is 1.45. The molecule has 110 valence electrons. The van der Waals surface area contributed by atoms with Gasteiger partial charge in [-0.2, -0.15) is 0 Å². The van der Waals surface area contributed by atoms with Crippen LogP contribution in [0.25, 0.3) is 0 Å². The fourth-order valence-corrected chi connectivity index (χ4v) is 3.85. The number of hydrogen-bond acceptors (Lipinski definition) is 1. The fourth-order valence-electron chi connectivity index (χ4n) is 3.85. The Morgan fingerprint density at radius 2 is 1.75 bits per heavy atom. The van der Waals surface area contributed by atoms with Gasteiger partial charge in [-0.25, -0.2) is 0 Å². The lowest BCUT2D eigenvalue weighted by Crippen LogP contribution is -2.47. The van der Waals surface area contributed by atoms with Gasteiger partial charge < -0.3 is 5.32 Å². The van der Waals surface area contributed by atoms with Crippen LogP contribution < -0.4 is 5.32 Å². The molecule has 0 spiro atoms. The lowest BCUT2D eigenvalue weighted by Gasteiger charge is -2.42. The molecule has 0 saturated heterocycles. The van der Waals surface area contributed by atoms with Gasteiger partial charge >= 0.3 is 0 Å². The van der Waals surface area contributed by atoms with Gasteiger partial charge in [0.05, 0.1) is 0 Å². The molecule has 0 unspecified atom stereocenters. The second-order valence-electron chi connectivity index (χ2n) is 7.88. The zero-order valence-electron chi connectivity index (χ0n) is 13.3. The number of aryl methyl sites for hydroxylation is 1. The van der Waals surface area contributed by atoms with E-state index in [9.17, 15) is 0 Å². The molecule has 3 rings (SSSR count). The van der Waals surface area contributed by atoms with Crippen molar-refractivity contribution in [3.8, 4) is 0 Å². The van der Waals surface area contributed by atoms with Crippen LogP contribution in [0.1, 0.15) is 69.4 Å². The average Bonchev–Trinajstić information content (AvgIpc) is 2.35. The van der Waals surface area contributed by atoms with Crippen molar-refractivity contribution in [2.75, 3.05) is 0 Å². The zero-order chi connectivity index (χ0) is 14.2. The van der Waals surface area contributed by atoms with Crippen LogP contribution in [0.4, 0.5) is 0 Å². The topological polar surface area (TPSA) is 12.0 Å². The van der Waals surface area contributed by atoms with Gasteiger partial charge in [0.25, 0.3) is 0 Å². The van der Waals surface area contributed by atoms with Crippen molar-refractivity contribution < 1.29 is 0 Å². The summed E-state index contributed by atoms with van der Waals surface area (Å²) in [6.07, 6.45) is 8.20. The highest BCUT2D eigenvalue weighted by atomic mass is 15.0. The molecule has 1 aromatic carbocycles. The third-order valence-electron chi connectivity index (χ3n) is 5.46. The van der Waals surface area contributed by atoms with E-state index >= 15 is 0 Å². The molecule has 1 nitrogen and oxygen atoms in total. The van der Waals surface area contributed by atoms with Crippen molar-refractivity contribution in [2.45, 2.75) is 77.3 Å². The lowest BCUT2D eigenvalue weighted by molar-refractivity contribution is 0.174. The van der Waals surface area contributed by atoms with Crippen LogP contribution >= 0.6 is 0 Å². The third-order valence-corrected chi connectivity index (χ3v) is 5.46. The van der Waals surface area contributed by atoms with Crippen molar-refractivity contribution in [3.05, 3.63) is 35.4 Å². The van der Waals surface area contributed by atoms with Crippen molar-refractivity contribution in [1.29, 1.82) is 0 Å². The van der Waals surface area contributed by atoms with E-state index in [1.807, 2.05) is 0 Å². The monoisotopic (exact) mass is 271 g/mol. The van der Waals surface area contributed by atoms with E-state index in [1.54, 1.807) is 5.56 Å². The molecule has 2 aliphatic carbocycles. The number of hydrogen-bond donors (Lipinski definition) is 1. The lowest BCUT2D eigenvalue weighted by atomic mass is 9.73. The fraction of sp³-hybridized carbons (Fsp3) is 0.684. The summed E-state index contributed by atoms with van der Waals surface area (Å²) in [5.41, 5.74) is 3.53. The molecule has 2 saturated carbocycles. The molecule has 0 radical (unpaired) electrons. The first-order valence-electron chi connectivity index (χ1n) is 8.34. The van der Waals surface area contributed by atoms with E-state index in [1.165, 1.54) is 44.1 Å². The zero-order valence-corrected chi connectivity index (χ0v) is 13.3. The van der Waals surface area contributed by atoms with Crippen LogP contribution in [0.2, 0.25) is 0 Å². The molecular formula is C19H29N. The van der Waals surface area contributed by atoms with Crippen molar-refractivity contribution in [1.82, 2.24) is 5.32 Å². The van der Waals surface area contributed by atoms with Gasteiger partial charge in [0.1, 0.15) is 0 Å². The van der Waals surface area contributed by atoms with E-state index in [-0.39, 0.29) is 0 Å². The Labute approximate surface area is 124 Å². The van der Waals surface area contributed by atoms with Crippen molar-refractivity contribution in [2.24, 2.45) is 5.41 Å². The highest BCUT2D eigenvalue weighted by Crippen LogP contribution is 2.39. The first kappa shape index (κ1) is 14.1.